The predicted octanol–water partition coefficient (Wildman–Crippen LogP) is 2.67. The second kappa shape index (κ2) is 7.02. The van der Waals surface area contributed by atoms with Gasteiger partial charge in [-0.3, -0.25) is 9.59 Å². The molecule has 1 aliphatic rings. The van der Waals surface area contributed by atoms with E-state index in [2.05, 4.69) is 10.1 Å². The van der Waals surface area contributed by atoms with Crippen molar-refractivity contribution in [2.45, 2.75) is 6.42 Å². The lowest BCUT2D eigenvalue weighted by Gasteiger charge is -2.17. The molecule has 1 N–H and O–H groups in total. The first kappa shape index (κ1) is 17.1. The van der Waals surface area contributed by atoms with Crippen molar-refractivity contribution >= 4 is 39.8 Å². The Morgan fingerprint density at radius 2 is 2.08 bits per heavy atom. The van der Waals surface area contributed by atoms with Crippen molar-refractivity contribution in [3.63, 3.8) is 0 Å². The average Bonchev–Trinajstić information content (AvgIpc) is 3.21. The molecule has 0 aliphatic carbocycles. The van der Waals surface area contributed by atoms with Gasteiger partial charge in [0.15, 0.2) is 0 Å². The fourth-order valence-electron chi connectivity index (χ4n) is 2.68. The Kier molecular flexibility index (Phi) is 4.80. The van der Waals surface area contributed by atoms with E-state index in [1.807, 2.05) is 0 Å². The Hall–Kier alpha value is -2.74. The quantitative estimate of drug-likeness (QED) is 0.849. The Morgan fingerprint density at radius 3 is 2.80 bits per heavy atom. The van der Waals surface area contributed by atoms with E-state index in [1.54, 1.807) is 17.5 Å². The number of carbonyl (C=O) groups excluding carboxylic acids is 3. The third-order valence-corrected chi connectivity index (χ3v) is 4.78. The summed E-state index contributed by atoms with van der Waals surface area (Å²) in [6, 6.07) is 7.49. The fraction of sp³-hybridized carbons (Fsp3) is 0.235. The van der Waals surface area contributed by atoms with Gasteiger partial charge in [-0.2, -0.15) is 0 Å². The molecule has 0 saturated carbocycles. The molecule has 6 nitrogen and oxygen atoms in total. The van der Waals surface area contributed by atoms with Gasteiger partial charge in [0, 0.05) is 13.0 Å². The molecule has 0 spiro atoms. The maximum absolute atomic E-state index is 13.9. The molecule has 25 heavy (non-hydrogen) atoms. The largest absolute Gasteiger partial charge is 0.465 e. The number of ether oxygens (including phenoxy) is 1. The lowest BCUT2D eigenvalue weighted by molar-refractivity contribution is -0.122. The Bertz CT molecular complexity index is 836. The lowest BCUT2D eigenvalue weighted by atomic mass is 10.1. The Morgan fingerprint density at radius 1 is 1.32 bits per heavy atom. The zero-order valence-electron chi connectivity index (χ0n) is 13.3. The van der Waals surface area contributed by atoms with E-state index in [-0.39, 0.29) is 36.0 Å². The molecule has 1 saturated heterocycles. The van der Waals surface area contributed by atoms with Gasteiger partial charge in [0.2, 0.25) is 11.8 Å². The number of nitrogens with zero attached hydrogens (tertiary/aromatic N) is 1. The summed E-state index contributed by atoms with van der Waals surface area (Å²) in [6.07, 6.45) is -0.0148. The molecule has 0 radical (unpaired) electrons. The molecule has 2 amide bonds. The standard InChI is InChI=1S/C17H15FN2O4S/c1-24-17(23)11-6-7-25-16(11)19-15(22)10-8-14(21)20(9-10)13-5-3-2-4-12(13)18/h2-7,10H,8-9H2,1H3,(H,19,22). The molecule has 1 unspecified atom stereocenters. The minimum absolute atomic E-state index is 0.0148. The topological polar surface area (TPSA) is 75.7 Å². The van der Waals surface area contributed by atoms with E-state index < -0.39 is 17.7 Å². The molecule has 1 aromatic carbocycles. The van der Waals surface area contributed by atoms with Gasteiger partial charge in [-0.25, -0.2) is 9.18 Å². The molecular formula is C17H15FN2O4S. The van der Waals surface area contributed by atoms with Crippen LogP contribution in [-0.2, 0) is 14.3 Å². The lowest BCUT2D eigenvalue weighted by Crippen LogP contribution is -2.28. The summed E-state index contributed by atoms with van der Waals surface area (Å²) in [4.78, 5) is 37.6. The summed E-state index contributed by atoms with van der Waals surface area (Å²) in [5.41, 5.74) is 0.422. The Labute approximate surface area is 147 Å². The van der Waals surface area contributed by atoms with Crippen LogP contribution in [0.5, 0.6) is 0 Å². The van der Waals surface area contributed by atoms with Gasteiger partial charge < -0.3 is 15.0 Å². The number of benzene rings is 1. The van der Waals surface area contributed by atoms with Crippen molar-refractivity contribution < 1.29 is 23.5 Å². The van der Waals surface area contributed by atoms with Crippen LogP contribution in [0.1, 0.15) is 16.8 Å². The van der Waals surface area contributed by atoms with Crippen LogP contribution in [0.3, 0.4) is 0 Å². The van der Waals surface area contributed by atoms with E-state index in [0.717, 1.165) is 0 Å². The number of rotatable bonds is 4. The zero-order valence-corrected chi connectivity index (χ0v) is 14.1. The second-order valence-corrected chi connectivity index (χ2v) is 6.42. The number of para-hydroxylation sites is 1. The number of thiophene rings is 1. The second-order valence-electron chi connectivity index (χ2n) is 5.50. The van der Waals surface area contributed by atoms with Crippen LogP contribution >= 0.6 is 11.3 Å². The van der Waals surface area contributed by atoms with Crippen molar-refractivity contribution in [2.75, 3.05) is 23.9 Å². The molecule has 2 heterocycles. The van der Waals surface area contributed by atoms with Crippen LogP contribution in [0.2, 0.25) is 0 Å². The van der Waals surface area contributed by atoms with Crippen molar-refractivity contribution in [1.82, 2.24) is 0 Å². The minimum atomic E-state index is -0.625. The van der Waals surface area contributed by atoms with E-state index >= 15 is 0 Å². The van der Waals surface area contributed by atoms with Crippen LogP contribution < -0.4 is 10.2 Å². The smallest absolute Gasteiger partial charge is 0.340 e. The van der Waals surface area contributed by atoms with Gasteiger partial charge >= 0.3 is 5.97 Å². The summed E-state index contributed by atoms with van der Waals surface area (Å²) in [5.74, 6) is -2.39. The molecule has 8 heteroatoms. The maximum Gasteiger partial charge on any atom is 0.340 e. The number of nitrogens with one attached hydrogen (secondary N) is 1. The van der Waals surface area contributed by atoms with Crippen LogP contribution in [0, 0.1) is 11.7 Å². The third kappa shape index (κ3) is 3.39. The van der Waals surface area contributed by atoms with Gasteiger partial charge in [-0.1, -0.05) is 12.1 Å². The molecular weight excluding hydrogens is 347 g/mol. The minimum Gasteiger partial charge on any atom is -0.465 e. The Balaban J connectivity index is 1.73. The van der Waals surface area contributed by atoms with Crippen LogP contribution in [-0.4, -0.2) is 31.4 Å². The van der Waals surface area contributed by atoms with E-state index in [4.69, 9.17) is 0 Å². The van der Waals surface area contributed by atoms with E-state index in [1.165, 1.54) is 41.5 Å². The molecule has 3 rings (SSSR count). The molecule has 1 aromatic heterocycles. The summed E-state index contributed by atoms with van der Waals surface area (Å²) in [5, 5.41) is 4.69. The van der Waals surface area contributed by atoms with E-state index in [9.17, 15) is 18.8 Å². The third-order valence-electron chi connectivity index (χ3n) is 3.95. The first-order chi connectivity index (χ1) is 12.0. The number of esters is 1. The predicted molar refractivity (Wildman–Crippen MR) is 91.1 cm³/mol. The van der Waals surface area contributed by atoms with Gasteiger partial charge in [0.25, 0.3) is 0 Å². The number of amides is 2. The number of anilines is 2. The first-order valence-electron chi connectivity index (χ1n) is 7.53. The molecule has 0 bridgehead atoms. The maximum atomic E-state index is 13.9. The summed E-state index contributed by atoms with van der Waals surface area (Å²) in [7, 11) is 1.26. The van der Waals surface area contributed by atoms with Gasteiger partial charge in [0.1, 0.15) is 10.8 Å². The molecule has 1 aliphatic heterocycles. The highest BCUT2D eigenvalue weighted by atomic mass is 32.1. The summed E-state index contributed by atoms with van der Waals surface area (Å²) < 4.78 is 18.5. The van der Waals surface area contributed by atoms with Crippen LogP contribution in [0.4, 0.5) is 15.1 Å². The molecule has 130 valence electrons. The SMILES string of the molecule is COC(=O)c1ccsc1NC(=O)C1CC(=O)N(c2ccccc2F)C1. The first-order valence-corrected chi connectivity index (χ1v) is 8.40. The highest BCUT2D eigenvalue weighted by Gasteiger charge is 2.36. The normalized spacial score (nSPS) is 16.8. The van der Waals surface area contributed by atoms with Gasteiger partial charge in [-0.05, 0) is 23.6 Å². The van der Waals surface area contributed by atoms with Crippen molar-refractivity contribution in [3.05, 3.63) is 47.1 Å². The number of hydrogen-bond donors (Lipinski definition) is 1. The van der Waals surface area contributed by atoms with Crippen LogP contribution in [0.15, 0.2) is 35.7 Å². The van der Waals surface area contributed by atoms with Crippen LogP contribution in [0.25, 0.3) is 0 Å². The molecule has 1 fully saturated rings. The fourth-order valence-corrected chi connectivity index (χ4v) is 3.46. The number of halogens is 1. The van der Waals surface area contributed by atoms with Crippen molar-refractivity contribution in [2.24, 2.45) is 5.92 Å². The number of carbonyl (C=O) groups is 3. The number of hydrogen-bond acceptors (Lipinski definition) is 5. The molecule has 1 atom stereocenters. The number of methoxy groups -OCH3 is 1. The highest BCUT2D eigenvalue weighted by Crippen LogP contribution is 2.29. The van der Waals surface area contributed by atoms with E-state index in [0.29, 0.717) is 5.00 Å². The van der Waals surface area contributed by atoms with Gasteiger partial charge in [0.05, 0.1) is 24.3 Å². The highest BCUT2D eigenvalue weighted by molar-refractivity contribution is 7.14. The monoisotopic (exact) mass is 362 g/mol. The zero-order chi connectivity index (χ0) is 18.0. The van der Waals surface area contributed by atoms with Gasteiger partial charge in [-0.15, -0.1) is 11.3 Å². The molecule has 2 aromatic rings. The van der Waals surface area contributed by atoms with Crippen molar-refractivity contribution in [3.8, 4) is 0 Å². The average molecular weight is 362 g/mol. The van der Waals surface area contributed by atoms with Crippen molar-refractivity contribution in [1.29, 1.82) is 0 Å². The summed E-state index contributed by atoms with van der Waals surface area (Å²) in [6.45, 7) is 0.0878. The summed E-state index contributed by atoms with van der Waals surface area (Å²) >= 11 is 1.19.